The third-order valence-corrected chi connectivity index (χ3v) is 0.975. The van der Waals surface area contributed by atoms with E-state index in [-0.39, 0.29) is 52.8 Å². The van der Waals surface area contributed by atoms with E-state index >= 15 is 0 Å². The van der Waals surface area contributed by atoms with Crippen LogP contribution in [0.3, 0.4) is 0 Å². The molecule has 3 nitrogen and oxygen atoms in total. The fourth-order valence-electron chi connectivity index (χ4n) is 0.562. The van der Waals surface area contributed by atoms with Gasteiger partial charge in [-0.1, -0.05) is 5.92 Å². The summed E-state index contributed by atoms with van der Waals surface area (Å²) in [4.78, 5) is 13.7. The van der Waals surface area contributed by atoms with Gasteiger partial charge in [0.2, 0.25) is 0 Å². The molecule has 0 unspecified atom stereocenters. The van der Waals surface area contributed by atoms with E-state index in [1.165, 1.54) is 6.20 Å². The molecule has 0 atom stereocenters. The fourth-order valence-corrected chi connectivity index (χ4v) is 0.562. The molecular formula is C8H6KNO2. The zero-order chi connectivity index (χ0) is 8.10. The third-order valence-electron chi connectivity index (χ3n) is 0.975. The van der Waals surface area contributed by atoms with Crippen molar-refractivity contribution in [2.24, 2.45) is 0 Å². The van der Waals surface area contributed by atoms with Crippen LogP contribution in [0.4, 0.5) is 0 Å². The number of aliphatic carboxylic acids is 1. The summed E-state index contributed by atoms with van der Waals surface area (Å²) >= 11 is 0. The Morgan fingerprint density at radius 2 is 2.42 bits per heavy atom. The van der Waals surface area contributed by atoms with Crippen molar-refractivity contribution < 1.29 is 62.7 Å². The Bertz CT molecular complexity index is 318. The molecule has 1 rings (SSSR count). The molecule has 0 amide bonds. The smallest absolute Gasteiger partial charge is 1.00 e. The van der Waals surface area contributed by atoms with E-state index in [2.05, 4.69) is 10.9 Å². The van der Waals surface area contributed by atoms with Crippen molar-refractivity contribution in [2.75, 3.05) is 0 Å². The predicted octanol–water partition coefficient (Wildman–Crippen LogP) is -2.37. The molecule has 4 heteroatoms. The largest absolute Gasteiger partial charge is 1.00 e. The maximum atomic E-state index is 9.98. The Morgan fingerprint density at radius 1 is 1.67 bits per heavy atom. The van der Waals surface area contributed by atoms with Crippen LogP contribution in [0, 0.1) is 11.8 Å². The number of carbonyl (C=O) groups is 1. The molecule has 1 heterocycles. The van der Waals surface area contributed by atoms with Crippen LogP contribution in [0.5, 0.6) is 0 Å². The molecular weight excluding hydrogens is 181 g/mol. The van der Waals surface area contributed by atoms with Gasteiger partial charge in [0.1, 0.15) is 0 Å². The van der Waals surface area contributed by atoms with E-state index in [0.29, 0.717) is 5.56 Å². The zero-order valence-corrected chi connectivity index (χ0v) is 9.74. The SMILES string of the molecule is O=C(O)C#Cc1cccnc1.[H-].[K+]. The second kappa shape index (κ2) is 6.35. The zero-order valence-electron chi connectivity index (χ0n) is 7.61. The fraction of sp³-hybridized carbons (Fsp3) is 0. The number of aromatic nitrogens is 1. The monoisotopic (exact) mass is 187 g/mol. The Hall–Kier alpha value is -0.184. The first-order valence-corrected chi connectivity index (χ1v) is 2.94. The van der Waals surface area contributed by atoms with Crippen LogP contribution in [0.25, 0.3) is 0 Å². The Labute approximate surface area is 114 Å². The van der Waals surface area contributed by atoms with E-state index in [0.717, 1.165) is 0 Å². The van der Waals surface area contributed by atoms with Crippen molar-refractivity contribution in [1.29, 1.82) is 0 Å². The molecule has 1 N–H and O–H groups in total. The van der Waals surface area contributed by atoms with Gasteiger partial charge in [-0.3, -0.25) is 4.98 Å². The van der Waals surface area contributed by atoms with Gasteiger partial charge in [-0.25, -0.2) is 4.79 Å². The van der Waals surface area contributed by atoms with Crippen LogP contribution in [0.2, 0.25) is 0 Å². The number of carboxylic acids is 1. The summed E-state index contributed by atoms with van der Waals surface area (Å²) < 4.78 is 0. The molecule has 0 saturated carbocycles. The van der Waals surface area contributed by atoms with Gasteiger partial charge in [-0.2, -0.15) is 0 Å². The van der Waals surface area contributed by atoms with Crippen LogP contribution >= 0.6 is 0 Å². The van der Waals surface area contributed by atoms with Crippen LogP contribution in [0.15, 0.2) is 24.5 Å². The molecule has 0 aromatic carbocycles. The van der Waals surface area contributed by atoms with Crippen LogP contribution in [-0.4, -0.2) is 16.1 Å². The molecule has 0 aliphatic rings. The molecule has 1 aromatic rings. The molecule has 0 saturated heterocycles. The summed E-state index contributed by atoms with van der Waals surface area (Å²) in [7, 11) is 0. The second-order valence-electron chi connectivity index (χ2n) is 1.80. The van der Waals surface area contributed by atoms with Crippen LogP contribution in [-0.2, 0) is 4.79 Å². The molecule has 0 aliphatic carbocycles. The molecule has 0 bridgehead atoms. The summed E-state index contributed by atoms with van der Waals surface area (Å²) in [5, 5.41) is 8.18. The van der Waals surface area contributed by atoms with Gasteiger partial charge in [0.05, 0.1) is 0 Å². The van der Waals surface area contributed by atoms with Crippen molar-refractivity contribution in [3.63, 3.8) is 0 Å². The summed E-state index contributed by atoms with van der Waals surface area (Å²) in [5.74, 6) is 3.29. The normalized spacial score (nSPS) is 7.33. The molecule has 0 aliphatic heterocycles. The second-order valence-corrected chi connectivity index (χ2v) is 1.80. The Balaban J connectivity index is 0. The molecule has 12 heavy (non-hydrogen) atoms. The predicted molar refractivity (Wildman–Crippen MR) is 39.9 cm³/mol. The number of pyridine rings is 1. The minimum Gasteiger partial charge on any atom is -1.00 e. The number of hydrogen-bond donors (Lipinski definition) is 1. The van der Waals surface area contributed by atoms with Crippen LogP contribution < -0.4 is 51.4 Å². The van der Waals surface area contributed by atoms with Crippen molar-refractivity contribution in [3.05, 3.63) is 30.1 Å². The molecule has 56 valence electrons. The van der Waals surface area contributed by atoms with Crippen molar-refractivity contribution >= 4 is 5.97 Å². The van der Waals surface area contributed by atoms with E-state index in [9.17, 15) is 4.79 Å². The minimum atomic E-state index is -1.13. The van der Waals surface area contributed by atoms with E-state index in [1.807, 2.05) is 5.92 Å². The standard InChI is InChI=1S/C8H5NO2.K.H/c10-8(11)4-3-7-2-1-5-9-6-7;;/h1-2,5-6H,(H,10,11);;/q;+1;-1. The topological polar surface area (TPSA) is 50.2 Å². The summed E-state index contributed by atoms with van der Waals surface area (Å²) in [6.07, 6.45) is 3.11. The van der Waals surface area contributed by atoms with Crippen molar-refractivity contribution in [2.45, 2.75) is 0 Å². The average Bonchev–Trinajstić information content (AvgIpc) is 2.03. The summed E-state index contributed by atoms with van der Waals surface area (Å²) in [6, 6.07) is 3.40. The minimum absolute atomic E-state index is 0. The van der Waals surface area contributed by atoms with E-state index in [4.69, 9.17) is 5.11 Å². The first-order chi connectivity index (χ1) is 5.29. The Morgan fingerprint density at radius 3 is 2.92 bits per heavy atom. The van der Waals surface area contributed by atoms with Crippen molar-refractivity contribution in [1.82, 2.24) is 4.98 Å². The Kier molecular flexibility index (Phi) is 6.25. The maximum Gasteiger partial charge on any atom is 1.00 e. The van der Waals surface area contributed by atoms with Crippen molar-refractivity contribution in [3.8, 4) is 11.8 Å². The number of nitrogens with zero attached hydrogens (tertiary/aromatic N) is 1. The number of hydrogen-bond acceptors (Lipinski definition) is 2. The number of rotatable bonds is 0. The van der Waals surface area contributed by atoms with Gasteiger partial charge in [-0.15, -0.1) is 0 Å². The van der Waals surface area contributed by atoms with Gasteiger partial charge >= 0.3 is 57.4 Å². The summed E-state index contributed by atoms with van der Waals surface area (Å²) in [5.41, 5.74) is 0.606. The first-order valence-electron chi connectivity index (χ1n) is 2.94. The van der Waals surface area contributed by atoms with Gasteiger partial charge in [0, 0.05) is 23.9 Å². The van der Waals surface area contributed by atoms with Gasteiger partial charge in [0.15, 0.2) is 0 Å². The van der Waals surface area contributed by atoms with Gasteiger partial charge in [0.25, 0.3) is 0 Å². The van der Waals surface area contributed by atoms with Crippen LogP contribution in [0.1, 0.15) is 6.99 Å². The number of carboxylic acid groups (broad SMARTS) is 1. The first kappa shape index (κ1) is 11.8. The van der Waals surface area contributed by atoms with E-state index in [1.54, 1.807) is 18.3 Å². The third kappa shape index (κ3) is 4.65. The maximum absolute atomic E-state index is 9.98. The quantitative estimate of drug-likeness (QED) is 0.365. The average molecular weight is 187 g/mol. The molecule has 1 aromatic heterocycles. The molecule has 0 fully saturated rings. The molecule has 0 radical (unpaired) electrons. The van der Waals surface area contributed by atoms with Gasteiger partial charge in [-0.05, 0) is 12.1 Å². The van der Waals surface area contributed by atoms with E-state index < -0.39 is 5.97 Å². The molecule has 0 spiro atoms. The summed E-state index contributed by atoms with van der Waals surface area (Å²) in [6.45, 7) is 0. The van der Waals surface area contributed by atoms with Gasteiger partial charge < -0.3 is 6.53 Å².